The van der Waals surface area contributed by atoms with Crippen molar-refractivity contribution in [2.45, 2.75) is 6.42 Å². The first-order chi connectivity index (χ1) is 10.0. The molecule has 21 heavy (non-hydrogen) atoms. The van der Waals surface area contributed by atoms with E-state index in [1.807, 2.05) is 24.3 Å². The zero-order chi connectivity index (χ0) is 15.4. The Kier molecular flexibility index (Phi) is 5.42. The fourth-order valence-electron chi connectivity index (χ4n) is 1.98. The minimum Gasteiger partial charge on any atom is -0.497 e. The summed E-state index contributed by atoms with van der Waals surface area (Å²) in [4.78, 5) is 12.5. The third kappa shape index (κ3) is 3.86. The summed E-state index contributed by atoms with van der Waals surface area (Å²) in [5, 5.41) is 0. The van der Waals surface area contributed by atoms with Gasteiger partial charge >= 0.3 is 0 Å². The second kappa shape index (κ2) is 7.09. The predicted molar refractivity (Wildman–Crippen MR) is 89.4 cm³/mol. The number of carbonyl (C=O) groups is 1. The smallest absolute Gasteiger partial charge is 0.171 e. The Morgan fingerprint density at radius 3 is 2.48 bits per heavy atom. The third-order valence-electron chi connectivity index (χ3n) is 3.07. The summed E-state index contributed by atoms with van der Waals surface area (Å²) in [7, 11) is 3.16. The fourth-order valence-corrected chi connectivity index (χ4v) is 2.70. The molecule has 0 N–H and O–H groups in total. The summed E-state index contributed by atoms with van der Waals surface area (Å²) in [6, 6.07) is 11.0. The lowest BCUT2D eigenvalue weighted by Crippen LogP contribution is -2.06. The normalized spacial score (nSPS) is 10.3. The molecule has 0 aliphatic rings. The van der Waals surface area contributed by atoms with Crippen molar-refractivity contribution in [2.24, 2.45) is 0 Å². The van der Waals surface area contributed by atoms with Gasteiger partial charge in [-0.2, -0.15) is 0 Å². The molecule has 110 valence electrons. The van der Waals surface area contributed by atoms with Crippen molar-refractivity contribution in [1.82, 2.24) is 0 Å². The van der Waals surface area contributed by atoms with Crippen LogP contribution in [0.5, 0.6) is 11.5 Å². The Bertz CT molecular complexity index is 669. The Balaban J connectivity index is 2.30. The second-order valence-electron chi connectivity index (χ2n) is 4.40. The minimum atomic E-state index is -0.00620. The van der Waals surface area contributed by atoms with Crippen LogP contribution < -0.4 is 9.47 Å². The maximum atomic E-state index is 12.5. The molecule has 2 aromatic rings. The van der Waals surface area contributed by atoms with Gasteiger partial charge in [0, 0.05) is 15.4 Å². The number of carbonyl (C=O) groups excluding carboxylic acids is 1. The molecule has 0 saturated heterocycles. The minimum absolute atomic E-state index is 0.00620. The molecule has 0 heterocycles. The highest BCUT2D eigenvalue weighted by Crippen LogP contribution is 2.27. The first kappa shape index (κ1) is 16.0. The Labute approximate surface area is 140 Å². The SMILES string of the molecule is COc1ccc(Br)c(CC(=O)c2ccc(Br)cc2OC)c1. The largest absolute Gasteiger partial charge is 0.497 e. The van der Waals surface area contributed by atoms with Crippen LogP contribution in [0.3, 0.4) is 0 Å². The number of Topliss-reactive ketones (excluding diaryl/α,β-unsaturated/α-hetero) is 1. The highest BCUT2D eigenvalue weighted by atomic mass is 79.9. The summed E-state index contributed by atoms with van der Waals surface area (Å²) >= 11 is 6.83. The number of rotatable bonds is 5. The summed E-state index contributed by atoms with van der Waals surface area (Å²) in [6.07, 6.45) is 0.274. The molecule has 2 aromatic carbocycles. The van der Waals surface area contributed by atoms with Crippen LogP contribution in [0, 0.1) is 0 Å². The van der Waals surface area contributed by atoms with Crippen molar-refractivity contribution in [2.75, 3.05) is 14.2 Å². The van der Waals surface area contributed by atoms with Gasteiger partial charge in [0.1, 0.15) is 11.5 Å². The lowest BCUT2D eigenvalue weighted by molar-refractivity contribution is 0.0990. The van der Waals surface area contributed by atoms with E-state index in [1.54, 1.807) is 26.4 Å². The molecule has 2 rings (SSSR count). The fraction of sp³-hybridized carbons (Fsp3) is 0.188. The Morgan fingerprint density at radius 1 is 1.05 bits per heavy atom. The number of hydrogen-bond acceptors (Lipinski definition) is 3. The second-order valence-corrected chi connectivity index (χ2v) is 6.17. The molecule has 5 heteroatoms. The third-order valence-corrected chi connectivity index (χ3v) is 4.33. The Morgan fingerprint density at radius 2 is 1.81 bits per heavy atom. The van der Waals surface area contributed by atoms with E-state index in [-0.39, 0.29) is 12.2 Å². The van der Waals surface area contributed by atoms with Crippen molar-refractivity contribution < 1.29 is 14.3 Å². The van der Waals surface area contributed by atoms with E-state index in [1.165, 1.54) is 0 Å². The molecular formula is C16H14Br2O3. The zero-order valence-corrected chi connectivity index (χ0v) is 14.8. The van der Waals surface area contributed by atoms with E-state index in [4.69, 9.17) is 9.47 Å². The lowest BCUT2D eigenvalue weighted by Gasteiger charge is -2.10. The van der Waals surface area contributed by atoms with Gasteiger partial charge in [-0.1, -0.05) is 31.9 Å². The maximum absolute atomic E-state index is 12.5. The van der Waals surface area contributed by atoms with Crippen LogP contribution in [0.15, 0.2) is 45.3 Å². The summed E-state index contributed by atoms with van der Waals surface area (Å²) in [5.41, 5.74) is 1.44. The van der Waals surface area contributed by atoms with Crippen LogP contribution in [0.4, 0.5) is 0 Å². The van der Waals surface area contributed by atoms with Crippen LogP contribution in [0.1, 0.15) is 15.9 Å². The van der Waals surface area contributed by atoms with Crippen molar-refractivity contribution in [3.05, 3.63) is 56.5 Å². The summed E-state index contributed by atoms with van der Waals surface area (Å²) < 4.78 is 12.2. The molecule has 0 atom stereocenters. The average Bonchev–Trinajstić information content (AvgIpc) is 2.49. The van der Waals surface area contributed by atoms with E-state index < -0.39 is 0 Å². The number of hydrogen-bond donors (Lipinski definition) is 0. The van der Waals surface area contributed by atoms with Crippen LogP contribution in [-0.4, -0.2) is 20.0 Å². The zero-order valence-electron chi connectivity index (χ0n) is 11.7. The summed E-state index contributed by atoms with van der Waals surface area (Å²) in [6.45, 7) is 0. The van der Waals surface area contributed by atoms with Crippen LogP contribution >= 0.6 is 31.9 Å². The highest BCUT2D eigenvalue weighted by molar-refractivity contribution is 9.10. The number of benzene rings is 2. The molecule has 0 bridgehead atoms. The molecule has 0 aliphatic carbocycles. The van der Waals surface area contributed by atoms with Gasteiger partial charge in [0.15, 0.2) is 5.78 Å². The Hall–Kier alpha value is -1.33. The van der Waals surface area contributed by atoms with Crippen molar-refractivity contribution in [3.63, 3.8) is 0 Å². The topological polar surface area (TPSA) is 35.5 Å². The molecular weight excluding hydrogens is 400 g/mol. The average molecular weight is 414 g/mol. The molecule has 0 aliphatic heterocycles. The number of halogens is 2. The van der Waals surface area contributed by atoms with E-state index >= 15 is 0 Å². The summed E-state index contributed by atoms with van der Waals surface area (Å²) in [5.74, 6) is 1.28. The number of ketones is 1. The van der Waals surface area contributed by atoms with Crippen LogP contribution in [0.2, 0.25) is 0 Å². The molecule has 3 nitrogen and oxygen atoms in total. The van der Waals surface area contributed by atoms with Crippen molar-refractivity contribution in [3.8, 4) is 11.5 Å². The lowest BCUT2D eigenvalue weighted by atomic mass is 10.0. The van der Waals surface area contributed by atoms with Gasteiger partial charge < -0.3 is 9.47 Å². The van der Waals surface area contributed by atoms with Gasteiger partial charge in [0.2, 0.25) is 0 Å². The molecule has 0 unspecified atom stereocenters. The standard InChI is InChI=1S/C16H14Br2O3/c1-20-12-4-6-14(18)10(7-12)8-15(19)13-5-3-11(17)9-16(13)21-2/h3-7,9H,8H2,1-2H3. The van der Waals surface area contributed by atoms with E-state index in [9.17, 15) is 4.79 Å². The van der Waals surface area contributed by atoms with Gasteiger partial charge in [0.05, 0.1) is 19.8 Å². The van der Waals surface area contributed by atoms with Crippen molar-refractivity contribution in [1.29, 1.82) is 0 Å². The first-order valence-electron chi connectivity index (χ1n) is 6.24. The molecule has 0 spiro atoms. The van der Waals surface area contributed by atoms with Crippen molar-refractivity contribution >= 4 is 37.6 Å². The number of ether oxygens (including phenoxy) is 2. The quantitative estimate of drug-likeness (QED) is 0.669. The first-order valence-corrected chi connectivity index (χ1v) is 7.83. The molecule has 0 radical (unpaired) electrons. The van der Waals surface area contributed by atoms with Crippen LogP contribution in [-0.2, 0) is 6.42 Å². The van der Waals surface area contributed by atoms with E-state index in [2.05, 4.69) is 31.9 Å². The van der Waals surface area contributed by atoms with Gasteiger partial charge in [-0.3, -0.25) is 4.79 Å². The molecule has 0 aromatic heterocycles. The van der Waals surface area contributed by atoms with Gasteiger partial charge in [-0.25, -0.2) is 0 Å². The molecule has 0 saturated carbocycles. The maximum Gasteiger partial charge on any atom is 0.171 e. The van der Waals surface area contributed by atoms with E-state index in [0.29, 0.717) is 11.3 Å². The predicted octanol–water partition coefficient (Wildman–Crippen LogP) is 4.65. The molecule has 0 amide bonds. The van der Waals surface area contributed by atoms with Crippen LogP contribution in [0.25, 0.3) is 0 Å². The van der Waals surface area contributed by atoms with Gasteiger partial charge in [0.25, 0.3) is 0 Å². The van der Waals surface area contributed by atoms with Gasteiger partial charge in [-0.15, -0.1) is 0 Å². The monoisotopic (exact) mass is 412 g/mol. The van der Waals surface area contributed by atoms with E-state index in [0.717, 1.165) is 20.3 Å². The number of methoxy groups -OCH3 is 2. The molecule has 0 fully saturated rings. The highest BCUT2D eigenvalue weighted by Gasteiger charge is 2.15. The van der Waals surface area contributed by atoms with Gasteiger partial charge in [-0.05, 0) is 42.0 Å².